The fourth-order valence-electron chi connectivity index (χ4n) is 3.12. The van der Waals surface area contributed by atoms with E-state index in [4.69, 9.17) is 13.7 Å². The van der Waals surface area contributed by atoms with E-state index in [1.807, 2.05) is 20.8 Å². The lowest BCUT2D eigenvalue weighted by molar-refractivity contribution is -0.135. The number of carbonyl (C=O) groups excluding carboxylic acids is 1. The van der Waals surface area contributed by atoms with Crippen molar-refractivity contribution in [2.24, 2.45) is 5.41 Å². The van der Waals surface area contributed by atoms with Crippen molar-refractivity contribution in [2.75, 3.05) is 26.5 Å². The van der Waals surface area contributed by atoms with Gasteiger partial charge in [-0.25, -0.2) is 0 Å². The molecule has 0 bridgehead atoms. The molecule has 1 aliphatic heterocycles. The van der Waals surface area contributed by atoms with Gasteiger partial charge in [0.15, 0.2) is 11.5 Å². The zero-order valence-corrected chi connectivity index (χ0v) is 18.2. The number of carbonyl (C=O) groups is 1. The third-order valence-electron chi connectivity index (χ3n) is 4.32. The van der Waals surface area contributed by atoms with Crippen LogP contribution in [0, 0.1) is 5.41 Å². The predicted octanol–water partition coefficient (Wildman–Crippen LogP) is 2.98. The van der Waals surface area contributed by atoms with Crippen LogP contribution in [0.4, 0.5) is 0 Å². The number of benzene rings is 1. The van der Waals surface area contributed by atoms with Gasteiger partial charge in [-0.05, 0) is 36.0 Å². The maximum atomic E-state index is 12.9. The number of hydrogen-bond donors (Lipinski definition) is 0. The normalized spacial score (nSPS) is 17.4. The molecule has 1 amide bonds. The molecule has 28 heavy (non-hydrogen) atoms. The molecule has 7 nitrogen and oxygen atoms in total. The van der Waals surface area contributed by atoms with Crippen LogP contribution in [-0.2, 0) is 26.2 Å². The minimum Gasteiger partial charge on any atom is -0.493 e. The zero-order valence-electron chi connectivity index (χ0n) is 17.4. The Morgan fingerprint density at radius 1 is 1.29 bits per heavy atom. The second-order valence-electron chi connectivity index (χ2n) is 8.42. The van der Waals surface area contributed by atoms with Crippen LogP contribution in [-0.4, -0.2) is 51.8 Å². The van der Waals surface area contributed by atoms with Crippen molar-refractivity contribution in [3.8, 4) is 11.5 Å². The molecule has 1 saturated heterocycles. The first-order valence-corrected chi connectivity index (χ1v) is 11.2. The number of hydrogen-bond acceptors (Lipinski definition) is 6. The van der Waals surface area contributed by atoms with E-state index in [0.717, 1.165) is 31.3 Å². The van der Waals surface area contributed by atoms with E-state index in [1.165, 1.54) is 7.11 Å². The van der Waals surface area contributed by atoms with Crippen LogP contribution in [0.25, 0.3) is 0 Å². The number of rotatable bonds is 8. The van der Waals surface area contributed by atoms with Gasteiger partial charge in [-0.2, -0.15) is 8.42 Å². The molecule has 0 saturated carbocycles. The van der Waals surface area contributed by atoms with Gasteiger partial charge in [-0.1, -0.05) is 26.8 Å². The number of ether oxygens (including phenoxy) is 2. The van der Waals surface area contributed by atoms with E-state index in [-0.39, 0.29) is 23.2 Å². The molecule has 0 N–H and O–H groups in total. The number of amides is 1. The lowest BCUT2D eigenvalue weighted by Gasteiger charge is -2.29. The van der Waals surface area contributed by atoms with E-state index in [2.05, 4.69) is 0 Å². The van der Waals surface area contributed by atoms with Crippen LogP contribution in [0.2, 0.25) is 0 Å². The van der Waals surface area contributed by atoms with Gasteiger partial charge in [0.25, 0.3) is 0 Å². The minimum absolute atomic E-state index is 0.0360. The number of methoxy groups -OCH3 is 1. The maximum Gasteiger partial charge on any atom is 0.306 e. The van der Waals surface area contributed by atoms with Gasteiger partial charge in [-0.3, -0.25) is 4.79 Å². The third kappa shape index (κ3) is 7.31. The summed E-state index contributed by atoms with van der Waals surface area (Å²) >= 11 is 0. The molecule has 1 aliphatic rings. The topological polar surface area (TPSA) is 82.1 Å². The molecule has 0 radical (unpaired) electrons. The first-order chi connectivity index (χ1) is 13.0. The largest absolute Gasteiger partial charge is 0.493 e. The van der Waals surface area contributed by atoms with E-state index in [1.54, 1.807) is 23.1 Å². The zero-order chi connectivity index (χ0) is 20.9. The molecule has 1 aromatic rings. The van der Waals surface area contributed by atoms with E-state index < -0.39 is 10.1 Å². The Morgan fingerprint density at radius 2 is 2.00 bits per heavy atom. The van der Waals surface area contributed by atoms with Crippen molar-refractivity contribution in [1.29, 1.82) is 0 Å². The molecule has 1 fully saturated rings. The highest BCUT2D eigenvalue weighted by Gasteiger charge is 2.26. The second kappa shape index (κ2) is 9.13. The van der Waals surface area contributed by atoms with Crippen LogP contribution in [0.3, 0.4) is 0 Å². The lowest BCUT2D eigenvalue weighted by atomic mass is 9.91. The highest BCUT2D eigenvalue weighted by Crippen LogP contribution is 2.30. The highest BCUT2D eigenvalue weighted by molar-refractivity contribution is 7.86. The second-order valence-corrected chi connectivity index (χ2v) is 9.99. The molecule has 2 rings (SSSR count). The minimum atomic E-state index is -3.69. The fourth-order valence-corrected chi connectivity index (χ4v) is 3.58. The summed E-state index contributed by atoms with van der Waals surface area (Å²) in [6.45, 7) is 7.67. The van der Waals surface area contributed by atoms with Crippen molar-refractivity contribution in [3.05, 3.63) is 23.8 Å². The van der Waals surface area contributed by atoms with Crippen LogP contribution in [0.15, 0.2) is 18.2 Å². The SMILES string of the molecule is COc1ccc(CN(C[C@@H]2CCCO2)C(=O)CC(C)(C)C)cc1OS(C)(=O)=O. The summed E-state index contributed by atoms with van der Waals surface area (Å²) < 4.78 is 39.0. The van der Waals surface area contributed by atoms with Crippen molar-refractivity contribution < 1.29 is 26.9 Å². The van der Waals surface area contributed by atoms with Crippen LogP contribution in [0.1, 0.15) is 45.6 Å². The van der Waals surface area contributed by atoms with Crippen molar-refractivity contribution >= 4 is 16.0 Å². The summed E-state index contributed by atoms with van der Waals surface area (Å²) in [5.74, 6) is 0.480. The summed E-state index contributed by atoms with van der Waals surface area (Å²) in [5, 5.41) is 0. The molecule has 1 aromatic carbocycles. The average Bonchev–Trinajstić information content (AvgIpc) is 3.04. The number of nitrogens with zero attached hydrogens (tertiary/aromatic N) is 1. The average molecular weight is 414 g/mol. The molecular weight excluding hydrogens is 382 g/mol. The van der Waals surface area contributed by atoms with Crippen LogP contribution >= 0.6 is 0 Å². The van der Waals surface area contributed by atoms with Crippen LogP contribution < -0.4 is 8.92 Å². The summed E-state index contributed by atoms with van der Waals surface area (Å²) in [5.41, 5.74) is 0.635. The van der Waals surface area contributed by atoms with Crippen LogP contribution in [0.5, 0.6) is 11.5 Å². The van der Waals surface area contributed by atoms with Gasteiger partial charge in [0.05, 0.1) is 19.5 Å². The molecule has 0 unspecified atom stereocenters. The molecule has 8 heteroatoms. The van der Waals surface area contributed by atoms with Gasteiger partial charge < -0.3 is 18.6 Å². The van der Waals surface area contributed by atoms with Gasteiger partial charge >= 0.3 is 10.1 Å². The Hall–Kier alpha value is -1.80. The van der Waals surface area contributed by atoms with Crippen molar-refractivity contribution in [3.63, 3.8) is 0 Å². The van der Waals surface area contributed by atoms with E-state index in [0.29, 0.717) is 25.3 Å². The van der Waals surface area contributed by atoms with Crippen molar-refractivity contribution in [2.45, 2.75) is 52.7 Å². The molecule has 0 spiro atoms. The Kier molecular flexibility index (Phi) is 7.33. The van der Waals surface area contributed by atoms with E-state index >= 15 is 0 Å². The van der Waals surface area contributed by atoms with E-state index in [9.17, 15) is 13.2 Å². The predicted molar refractivity (Wildman–Crippen MR) is 107 cm³/mol. The Labute approximate surface area is 168 Å². The highest BCUT2D eigenvalue weighted by atomic mass is 32.2. The molecular formula is C20H31NO6S. The summed E-state index contributed by atoms with van der Waals surface area (Å²) in [6, 6.07) is 5.06. The smallest absolute Gasteiger partial charge is 0.306 e. The van der Waals surface area contributed by atoms with Gasteiger partial charge in [0.2, 0.25) is 5.91 Å². The van der Waals surface area contributed by atoms with Gasteiger partial charge in [0, 0.05) is 26.1 Å². The van der Waals surface area contributed by atoms with Gasteiger partial charge in [-0.15, -0.1) is 0 Å². The fraction of sp³-hybridized carbons (Fsp3) is 0.650. The molecule has 0 aromatic heterocycles. The lowest BCUT2D eigenvalue weighted by Crippen LogP contribution is -2.38. The van der Waals surface area contributed by atoms with Crippen molar-refractivity contribution in [1.82, 2.24) is 4.90 Å². The van der Waals surface area contributed by atoms with Gasteiger partial charge in [0.1, 0.15) is 0 Å². The molecule has 1 atom stereocenters. The standard InChI is InChI=1S/C20H31NO6S/c1-20(2,3)12-19(22)21(14-16-7-6-10-26-16)13-15-8-9-17(25-4)18(11-15)27-28(5,23)24/h8-9,11,16H,6-7,10,12-14H2,1-5H3/t16-/m0/s1. The maximum absolute atomic E-state index is 12.9. The quantitative estimate of drug-likeness (QED) is 0.610. The third-order valence-corrected chi connectivity index (χ3v) is 4.81. The monoisotopic (exact) mass is 413 g/mol. The molecule has 0 aliphatic carbocycles. The summed E-state index contributed by atoms with van der Waals surface area (Å²) in [4.78, 5) is 14.7. The first kappa shape index (κ1) is 22.5. The first-order valence-electron chi connectivity index (χ1n) is 9.42. The molecule has 158 valence electrons. The molecule has 1 heterocycles. The summed E-state index contributed by atoms with van der Waals surface area (Å²) in [7, 11) is -2.25. The Bertz CT molecular complexity index is 778. The summed E-state index contributed by atoms with van der Waals surface area (Å²) in [6.07, 6.45) is 3.37. The Morgan fingerprint density at radius 3 is 2.54 bits per heavy atom. The Balaban J connectivity index is 2.23.